The summed E-state index contributed by atoms with van der Waals surface area (Å²) in [5.41, 5.74) is 6.00. The first-order valence-corrected chi connectivity index (χ1v) is 22.7. The van der Waals surface area contributed by atoms with E-state index in [4.69, 9.17) is 18.9 Å². The molecule has 10 rings (SSSR count). The summed E-state index contributed by atoms with van der Waals surface area (Å²) < 4.78 is 33.9. The number of oxazole rings is 1. The number of piperidine rings is 1. The molecule has 67 heavy (non-hydrogen) atoms. The standard InChI is InChI=1S/C47H52FN11O8/c1-27-37(23-49-43-41(27)58(17-18-65-43)45(63)67-47(2,3)4)56-12-11-29-22-50-44(52-34(29)26-56)51-30-6-5-28(33(48)20-30)19-40(61)55-15-13-54(14-16-55)32-24-57(25-32)31-7-8-35-38(21-31)66-46(64)59(35)36-9-10-39(60)53-42(36)62/h5-8,20-23,32,36H,9-19,24-26H2,1-4H3,(H,50,51,52)(H,53,60,62). The van der Waals surface area contributed by atoms with Crippen molar-refractivity contribution in [2.24, 2.45) is 0 Å². The van der Waals surface area contributed by atoms with E-state index in [2.05, 4.69) is 35.3 Å². The molecular weight excluding hydrogens is 866 g/mol. The monoisotopic (exact) mass is 917 g/mol. The Morgan fingerprint density at radius 3 is 2.52 bits per heavy atom. The van der Waals surface area contributed by atoms with Crippen LogP contribution in [0.3, 0.4) is 0 Å². The molecule has 5 aromatic rings. The second-order valence-corrected chi connectivity index (χ2v) is 18.7. The molecule has 4 amide bonds. The van der Waals surface area contributed by atoms with Crippen molar-refractivity contribution < 1.29 is 37.5 Å². The number of rotatable bonds is 8. The fourth-order valence-corrected chi connectivity index (χ4v) is 9.57. The third-order valence-corrected chi connectivity index (χ3v) is 13.2. The van der Waals surface area contributed by atoms with Crippen LogP contribution in [0.2, 0.25) is 0 Å². The molecule has 20 heteroatoms. The summed E-state index contributed by atoms with van der Waals surface area (Å²) in [5.74, 6) is -1.42. The molecule has 5 aliphatic heterocycles. The Bertz CT molecular complexity index is 2860. The first-order valence-electron chi connectivity index (χ1n) is 22.7. The van der Waals surface area contributed by atoms with E-state index < -0.39 is 35.2 Å². The van der Waals surface area contributed by atoms with Crippen LogP contribution in [0, 0.1) is 12.7 Å². The fraction of sp³-hybridized carbons (Fsp3) is 0.447. The summed E-state index contributed by atoms with van der Waals surface area (Å²) in [6.07, 6.45) is 4.13. The zero-order valence-corrected chi connectivity index (χ0v) is 37.8. The van der Waals surface area contributed by atoms with E-state index >= 15 is 4.39 Å². The molecule has 0 radical (unpaired) electrons. The van der Waals surface area contributed by atoms with Crippen LogP contribution in [0.25, 0.3) is 11.1 Å². The minimum atomic E-state index is -0.799. The number of anilines is 5. The molecular formula is C47H52FN11O8. The molecule has 3 fully saturated rings. The second-order valence-electron chi connectivity index (χ2n) is 18.7. The zero-order valence-electron chi connectivity index (χ0n) is 37.8. The van der Waals surface area contributed by atoms with E-state index in [0.29, 0.717) is 98.7 Å². The second kappa shape index (κ2) is 17.3. The number of nitrogens with one attached hydrogen (secondary N) is 2. The van der Waals surface area contributed by atoms with Gasteiger partial charge in [-0.15, -0.1) is 0 Å². The number of amides is 4. The summed E-state index contributed by atoms with van der Waals surface area (Å²) in [6, 6.07) is 9.68. The predicted octanol–water partition coefficient (Wildman–Crippen LogP) is 4.22. The van der Waals surface area contributed by atoms with Crippen molar-refractivity contribution in [2.75, 3.05) is 79.0 Å². The highest BCUT2D eigenvalue weighted by atomic mass is 19.1. The Labute approximate surface area is 384 Å². The maximum atomic E-state index is 15.6. The van der Waals surface area contributed by atoms with E-state index in [1.54, 1.807) is 46.5 Å². The van der Waals surface area contributed by atoms with Crippen molar-refractivity contribution >= 4 is 63.6 Å². The van der Waals surface area contributed by atoms with Crippen molar-refractivity contribution in [3.05, 3.63) is 87.5 Å². The zero-order chi connectivity index (χ0) is 46.7. The summed E-state index contributed by atoms with van der Waals surface area (Å²) in [4.78, 5) is 87.4. The maximum Gasteiger partial charge on any atom is 0.420 e. The Morgan fingerprint density at radius 1 is 0.955 bits per heavy atom. The number of ether oxygens (including phenoxy) is 2. The number of piperazine rings is 1. The number of benzene rings is 2. The highest BCUT2D eigenvalue weighted by molar-refractivity contribution is 6.00. The number of hydrogen-bond donors (Lipinski definition) is 2. The molecule has 5 aliphatic rings. The Kier molecular flexibility index (Phi) is 11.3. The molecule has 3 saturated heterocycles. The summed E-state index contributed by atoms with van der Waals surface area (Å²) >= 11 is 0. The van der Waals surface area contributed by atoms with Crippen LogP contribution < -0.4 is 35.8 Å². The number of aromatic nitrogens is 4. The number of fused-ring (bicyclic) bond motifs is 3. The minimum Gasteiger partial charge on any atom is -0.474 e. The summed E-state index contributed by atoms with van der Waals surface area (Å²) in [5, 5.41) is 5.43. The van der Waals surface area contributed by atoms with Crippen LogP contribution >= 0.6 is 0 Å². The van der Waals surface area contributed by atoms with E-state index in [1.807, 2.05) is 33.8 Å². The summed E-state index contributed by atoms with van der Waals surface area (Å²) in [6.45, 7) is 13.3. The quantitative estimate of drug-likeness (QED) is 0.210. The van der Waals surface area contributed by atoms with Gasteiger partial charge in [0, 0.05) is 87.5 Å². The Balaban J connectivity index is 0.715. The van der Waals surface area contributed by atoms with E-state index in [0.717, 1.165) is 41.3 Å². The van der Waals surface area contributed by atoms with Gasteiger partial charge in [-0.25, -0.2) is 28.9 Å². The van der Waals surface area contributed by atoms with Gasteiger partial charge in [0.15, 0.2) is 5.58 Å². The SMILES string of the molecule is Cc1c(N2CCc3cnc(Nc4ccc(CC(=O)N5CCN(C6CN(c7ccc8c(c7)oc(=O)n8C7CCC(=O)NC7=O)C6)CC5)c(F)c4)nc3C2)cnc2c1N(C(=O)OC(C)(C)C)CCO2. The Hall–Kier alpha value is -7.09. The lowest BCUT2D eigenvalue weighted by Gasteiger charge is -2.49. The lowest BCUT2D eigenvalue weighted by atomic mass is 10.0. The minimum absolute atomic E-state index is 0.0585. The van der Waals surface area contributed by atoms with Crippen molar-refractivity contribution in [2.45, 2.75) is 77.6 Å². The van der Waals surface area contributed by atoms with Crippen LogP contribution in [-0.2, 0) is 38.5 Å². The number of nitrogens with zero attached hydrogens (tertiary/aromatic N) is 9. The van der Waals surface area contributed by atoms with Crippen LogP contribution in [0.5, 0.6) is 5.88 Å². The number of carbonyl (C=O) groups excluding carboxylic acids is 4. The lowest BCUT2D eigenvalue weighted by molar-refractivity contribution is -0.136. The van der Waals surface area contributed by atoms with Crippen molar-refractivity contribution in [1.82, 2.24) is 34.6 Å². The molecule has 0 aliphatic carbocycles. The first-order chi connectivity index (χ1) is 32.2. The van der Waals surface area contributed by atoms with Gasteiger partial charge < -0.3 is 33.9 Å². The third-order valence-electron chi connectivity index (χ3n) is 13.2. The van der Waals surface area contributed by atoms with E-state index in [1.165, 1.54) is 10.6 Å². The average molecular weight is 918 g/mol. The number of halogens is 1. The maximum absolute atomic E-state index is 15.6. The van der Waals surface area contributed by atoms with Gasteiger partial charge in [-0.1, -0.05) is 6.07 Å². The molecule has 1 unspecified atom stereocenters. The molecule has 1 atom stereocenters. The average Bonchev–Trinajstić information content (AvgIpc) is 3.60. The molecule has 0 bridgehead atoms. The number of imide groups is 1. The van der Waals surface area contributed by atoms with Crippen LogP contribution in [0.4, 0.5) is 37.9 Å². The molecule has 350 valence electrons. The van der Waals surface area contributed by atoms with Gasteiger partial charge >= 0.3 is 11.8 Å². The topological polar surface area (TPSA) is 201 Å². The molecule has 2 aromatic carbocycles. The number of pyridine rings is 1. The van der Waals surface area contributed by atoms with Crippen LogP contribution in [-0.4, -0.2) is 124 Å². The first kappa shape index (κ1) is 43.8. The highest BCUT2D eigenvalue weighted by Gasteiger charge is 2.37. The van der Waals surface area contributed by atoms with Gasteiger partial charge in [-0.2, -0.15) is 0 Å². The van der Waals surface area contributed by atoms with Gasteiger partial charge in [0.2, 0.25) is 29.5 Å². The smallest absolute Gasteiger partial charge is 0.420 e. The van der Waals surface area contributed by atoms with Crippen molar-refractivity contribution in [1.29, 1.82) is 0 Å². The molecule has 0 spiro atoms. The van der Waals surface area contributed by atoms with Crippen LogP contribution in [0.1, 0.15) is 62.0 Å². The lowest BCUT2D eigenvalue weighted by Crippen LogP contribution is -2.63. The van der Waals surface area contributed by atoms with Crippen LogP contribution in [0.15, 0.2) is 58.0 Å². The molecule has 0 saturated carbocycles. The van der Waals surface area contributed by atoms with E-state index in [-0.39, 0.29) is 37.1 Å². The summed E-state index contributed by atoms with van der Waals surface area (Å²) in [7, 11) is 0. The van der Waals surface area contributed by atoms with Gasteiger partial charge in [0.25, 0.3) is 0 Å². The molecule has 2 N–H and O–H groups in total. The van der Waals surface area contributed by atoms with Gasteiger partial charge in [-0.3, -0.25) is 34.1 Å². The van der Waals surface area contributed by atoms with E-state index in [9.17, 15) is 24.0 Å². The van der Waals surface area contributed by atoms with Crippen molar-refractivity contribution in [3.8, 4) is 5.88 Å². The predicted molar refractivity (Wildman–Crippen MR) is 244 cm³/mol. The normalized spacial score (nSPS) is 19.1. The highest BCUT2D eigenvalue weighted by Crippen LogP contribution is 2.40. The number of hydrogen-bond acceptors (Lipinski definition) is 15. The Morgan fingerprint density at radius 2 is 1.76 bits per heavy atom. The van der Waals surface area contributed by atoms with Gasteiger partial charge in [0.1, 0.15) is 29.8 Å². The number of carbonyl (C=O) groups is 4. The van der Waals surface area contributed by atoms with Crippen molar-refractivity contribution in [3.63, 3.8) is 0 Å². The third kappa shape index (κ3) is 8.72. The van der Waals surface area contributed by atoms with Gasteiger partial charge in [-0.05, 0) is 75.9 Å². The van der Waals surface area contributed by atoms with Gasteiger partial charge in [0.05, 0.1) is 42.6 Å². The fourth-order valence-electron chi connectivity index (χ4n) is 9.57. The molecule has 8 heterocycles. The molecule has 19 nitrogen and oxygen atoms in total. The largest absolute Gasteiger partial charge is 0.474 e. The molecule has 3 aromatic heterocycles.